The maximum Gasteiger partial charge on any atom is 0.416 e. The Bertz CT molecular complexity index is 599. The standard InChI is InChI=1S/C16H16F4/c1-2-3-4-5-11-8-14(17)9-12-6-7-13(10-15(11)12)16(18,19)20/h6-10H,2-5H2,1H3. The highest BCUT2D eigenvalue weighted by Gasteiger charge is 2.30. The van der Waals surface area contributed by atoms with E-state index in [2.05, 4.69) is 0 Å². The SMILES string of the molecule is CCCCCc1cc(F)cc2ccc(C(F)(F)F)cc12. The van der Waals surface area contributed by atoms with Gasteiger partial charge in [0.05, 0.1) is 5.56 Å². The Morgan fingerprint density at radius 3 is 2.40 bits per heavy atom. The maximum atomic E-state index is 13.5. The predicted octanol–water partition coefficient (Wildman–Crippen LogP) is 5.73. The largest absolute Gasteiger partial charge is 0.416 e. The molecule has 0 unspecified atom stereocenters. The number of rotatable bonds is 4. The summed E-state index contributed by atoms with van der Waals surface area (Å²) in [5.41, 5.74) is -0.0344. The van der Waals surface area contributed by atoms with Crippen LogP contribution in [0.15, 0.2) is 30.3 Å². The van der Waals surface area contributed by atoms with Gasteiger partial charge in [-0.15, -0.1) is 0 Å². The van der Waals surface area contributed by atoms with Crippen LogP contribution in [0.4, 0.5) is 17.6 Å². The van der Waals surface area contributed by atoms with Crippen molar-refractivity contribution in [3.8, 4) is 0 Å². The zero-order valence-electron chi connectivity index (χ0n) is 11.2. The van der Waals surface area contributed by atoms with Crippen molar-refractivity contribution >= 4 is 10.8 Å². The maximum absolute atomic E-state index is 13.5. The van der Waals surface area contributed by atoms with Gasteiger partial charge in [-0.3, -0.25) is 0 Å². The minimum absolute atomic E-state index is 0.399. The molecule has 108 valence electrons. The lowest BCUT2D eigenvalue weighted by atomic mass is 9.97. The quantitative estimate of drug-likeness (QED) is 0.497. The van der Waals surface area contributed by atoms with E-state index < -0.39 is 17.6 Å². The number of benzene rings is 2. The second kappa shape index (κ2) is 5.81. The van der Waals surface area contributed by atoms with Gasteiger partial charge in [0.15, 0.2) is 0 Å². The predicted molar refractivity (Wildman–Crippen MR) is 72.1 cm³/mol. The van der Waals surface area contributed by atoms with Crippen LogP contribution in [-0.4, -0.2) is 0 Å². The zero-order valence-corrected chi connectivity index (χ0v) is 11.2. The summed E-state index contributed by atoms with van der Waals surface area (Å²) in [6.45, 7) is 2.05. The molecule has 0 saturated heterocycles. The van der Waals surface area contributed by atoms with Crippen LogP contribution in [0.3, 0.4) is 0 Å². The second-order valence-electron chi connectivity index (χ2n) is 4.96. The number of hydrogen-bond donors (Lipinski definition) is 0. The normalized spacial score (nSPS) is 12.1. The van der Waals surface area contributed by atoms with Crippen molar-refractivity contribution in [1.29, 1.82) is 0 Å². The molecule has 0 heterocycles. The van der Waals surface area contributed by atoms with Crippen molar-refractivity contribution in [2.24, 2.45) is 0 Å². The Balaban J connectivity index is 2.48. The Hall–Kier alpha value is -1.58. The molecule has 2 rings (SSSR count). The lowest BCUT2D eigenvalue weighted by Crippen LogP contribution is -2.04. The molecular formula is C16H16F4. The van der Waals surface area contributed by atoms with Gasteiger partial charge in [0.1, 0.15) is 5.82 Å². The van der Waals surface area contributed by atoms with E-state index in [9.17, 15) is 17.6 Å². The van der Waals surface area contributed by atoms with Gasteiger partial charge in [-0.25, -0.2) is 4.39 Å². The summed E-state index contributed by atoms with van der Waals surface area (Å²) in [6.07, 6.45) is -0.921. The molecule has 0 amide bonds. The fraction of sp³-hybridized carbons (Fsp3) is 0.375. The monoisotopic (exact) mass is 284 g/mol. The summed E-state index contributed by atoms with van der Waals surface area (Å²) < 4.78 is 51.8. The molecule has 2 aromatic rings. The Morgan fingerprint density at radius 2 is 1.75 bits per heavy atom. The summed E-state index contributed by atoms with van der Waals surface area (Å²) in [5, 5.41) is 1.02. The first-order valence-corrected chi connectivity index (χ1v) is 6.71. The van der Waals surface area contributed by atoms with Gasteiger partial charge in [-0.2, -0.15) is 13.2 Å². The minimum Gasteiger partial charge on any atom is -0.207 e. The summed E-state index contributed by atoms with van der Waals surface area (Å²) in [4.78, 5) is 0. The van der Waals surface area contributed by atoms with E-state index in [1.807, 2.05) is 6.92 Å². The van der Waals surface area contributed by atoms with Crippen LogP contribution in [0.1, 0.15) is 37.3 Å². The van der Waals surface area contributed by atoms with Gasteiger partial charge in [-0.05, 0) is 53.4 Å². The zero-order chi connectivity index (χ0) is 14.8. The molecule has 0 aromatic heterocycles. The van der Waals surface area contributed by atoms with Crippen LogP contribution in [0.2, 0.25) is 0 Å². The molecule has 0 aliphatic heterocycles. The highest BCUT2D eigenvalue weighted by molar-refractivity contribution is 5.86. The molecular weight excluding hydrogens is 268 g/mol. The summed E-state index contributed by atoms with van der Waals surface area (Å²) in [6, 6.07) is 6.08. The number of unbranched alkanes of at least 4 members (excludes halogenated alkanes) is 2. The van der Waals surface area contributed by atoms with E-state index in [0.29, 0.717) is 22.8 Å². The van der Waals surface area contributed by atoms with Crippen LogP contribution in [0, 0.1) is 5.82 Å². The molecule has 0 spiro atoms. The third-order valence-corrected chi connectivity index (χ3v) is 3.38. The number of alkyl halides is 3. The number of hydrogen-bond acceptors (Lipinski definition) is 0. The Morgan fingerprint density at radius 1 is 1.00 bits per heavy atom. The fourth-order valence-electron chi connectivity index (χ4n) is 2.34. The van der Waals surface area contributed by atoms with Gasteiger partial charge in [-0.1, -0.05) is 25.8 Å². The third-order valence-electron chi connectivity index (χ3n) is 3.38. The molecule has 0 N–H and O–H groups in total. The van der Waals surface area contributed by atoms with Crippen molar-refractivity contribution in [3.63, 3.8) is 0 Å². The highest BCUT2D eigenvalue weighted by atomic mass is 19.4. The topological polar surface area (TPSA) is 0 Å². The van der Waals surface area contributed by atoms with Crippen molar-refractivity contribution in [1.82, 2.24) is 0 Å². The van der Waals surface area contributed by atoms with E-state index in [1.54, 1.807) is 0 Å². The van der Waals surface area contributed by atoms with Gasteiger partial charge >= 0.3 is 6.18 Å². The molecule has 4 heteroatoms. The molecule has 0 atom stereocenters. The first-order chi connectivity index (χ1) is 9.41. The first-order valence-electron chi connectivity index (χ1n) is 6.71. The van der Waals surface area contributed by atoms with Gasteiger partial charge in [0.2, 0.25) is 0 Å². The van der Waals surface area contributed by atoms with Crippen molar-refractivity contribution < 1.29 is 17.6 Å². The van der Waals surface area contributed by atoms with Crippen molar-refractivity contribution in [3.05, 3.63) is 47.3 Å². The van der Waals surface area contributed by atoms with Gasteiger partial charge < -0.3 is 0 Å². The molecule has 0 bridgehead atoms. The summed E-state index contributed by atoms with van der Waals surface area (Å²) >= 11 is 0. The van der Waals surface area contributed by atoms with E-state index >= 15 is 0 Å². The van der Waals surface area contributed by atoms with Crippen LogP contribution in [0.25, 0.3) is 10.8 Å². The molecule has 0 aliphatic rings. The van der Waals surface area contributed by atoms with Crippen LogP contribution < -0.4 is 0 Å². The average Bonchev–Trinajstić information content (AvgIpc) is 2.37. The van der Waals surface area contributed by atoms with Gasteiger partial charge in [0.25, 0.3) is 0 Å². The third kappa shape index (κ3) is 3.30. The van der Waals surface area contributed by atoms with Crippen LogP contribution >= 0.6 is 0 Å². The molecule has 0 saturated carbocycles. The number of fused-ring (bicyclic) bond motifs is 1. The van der Waals surface area contributed by atoms with Crippen LogP contribution in [-0.2, 0) is 12.6 Å². The van der Waals surface area contributed by atoms with Crippen LogP contribution in [0.5, 0.6) is 0 Å². The van der Waals surface area contributed by atoms with Crippen molar-refractivity contribution in [2.45, 2.75) is 38.8 Å². The van der Waals surface area contributed by atoms with Crippen molar-refractivity contribution in [2.75, 3.05) is 0 Å². The summed E-state index contributed by atoms with van der Waals surface area (Å²) in [5.74, 6) is -0.399. The average molecular weight is 284 g/mol. The lowest BCUT2D eigenvalue weighted by Gasteiger charge is -2.11. The molecule has 2 aromatic carbocycles. The Kier molecular flexibility index (Phi) is 4.31. The molecule has 20 heavy (non-hydrogen) atoms. The van der Waals surface area contributed by atoms with E-state index in [4.69, 9.17) is 0 Å². The van der Waals surface area contributed by atoms with Gasteiger partial charge in [0, 0.05) is 0 Å². The summed E-state index contributed by atoms with van der Waals surface area (Å²) in [7, 11) is 0. The van der Waals surface area contributed by atoms with E-state index in [1.165, 1.54) is 18.2 Å². The lowest BCUT2D eigenvalue weighted by molar-refractivity contribution is -0.137. The smallest absolute Gasteiger partial charge is 0.207 e. The molecule has 0 fully saturated rings. The second-order valence-corrected chi connectivity index (χ2v) is 4.96. The number of aryl methyl sites for hydroxylation is 1. The fourth-order valence-corrected chi connectivity index (χ4v) is 2.34. The number of halogens is 4. The highest BCUT2D eigenvalue weighted by Crippen LogP contribution is 2.33. The first kappa shape index (κ1) is 14.8. The Labute approximate surface area is 115 Å². The molecule has 0 nitrogen and oxygen atoms in total. The minimum atomic E-state index is -4.37. The van der Waals surface area contributed by atoms with E-state index in [0.717, 1.165) is 31.4 Å². The molecule has 0 aliphatic carbocycles. The molecule has 0 radical (unpaired) electrons. The van der Waals surface area contributed by atoms with E-state index in [-0.39, 0.29) is 0 Å².